The van der Waals surface area contributed by atoms with Crippen LogP contribution in [-0.2, 0) is 20.9 Å². The fraction of sp³-hybridized carbons (Fsp3) is 0.388. The Kier molecular flexibility index (Phi) is 15.1. The molecule has 2 bridgehead atoms. The number of H-pyrrole nitrogens is 1. The van der Waals surface area contributed by atoms with E-state index in [1.165, 1.54) is 12.1 Å². The SMILES string of the molecule is CC(C)C(NC(=O)c1ccc(COc2cccc(C(NC(=O)O[C@H]3CN4CCC3CC4)c3ccccc3)c2)cc1)C(=O)OCCCCNC[C@H](O)c1ccc(O)c2[nH]c(=O)ccc12. The number of phenolic OH excluding ortho intramolecular Hbond substituents is 1. The molecule has 8 rings (SSSR count). The lowest BCUT2D eigenvalue weighted by atomic mass is 9.86. The van der Waals surface area contributed by atoms with Crippen LogP contribution in [0.3, 0.4) is 0 Å². The molecule has 4 atom stereocenters. The zero-order valence-electron chi connectivity index (χ0n) is 35.8. The molecule has 0 aliphatic carbocycles. The summed E-state index contributed by atoms with van der Waals surface area (Å²) < 4.78 is 17.7. The van der Waals surface area contributed by atoms with Crippen molar-refractivity contribution in [2.75, 3.05) is 39.3 Å². The number of pyridine rings is 1. The van der Waals surface area contributed by atoms with Gasteiger partial charge in [0.15, 0.2) is 0 Å². The fourth-order valence-corrected chi connectivity index (χ4v) is 8.28. The number of aromatic amines is 1. The number of phenols is 1. The van der Waals surface area contributed by atoms with Gasteiger partial charge in [0.2, 0.25) is 5.56 Å². The average Bonchev–Trinajstić information content (AvgIpc) is 3.30. The van der Waals surface area contributed by atoms with Crippen molar-refractivity contribution >= 4 is 28.9 Å². The minimum Gasteiger partial charge on any atom is -0.506 e. The van der Waals surface area contributed by atoms with Gasteiger partial charge in [0, 0.05) is 30.1 Å². The largest absolute Gasteiger partial charge is 0.506 e. The van der Waals surface area contributed by atoms with Gasteiger partial charge in [-0.3, -0.25) is 14.5 Å². The molecular formula is C49H57N5O9. The number of esters is 1. The smallest absolute Gasteiger partial charge is 0.408 e. The van der Waals surface area contributed by atoms with E-state index in [0.29, 0.717) is 47.6 Å². The van der Waals surface area contributed by atoms with Gasteiger partial charge in [0.05, 0.1) is 24.3 Å². The minimum absolute atomic E-state index is 0.0698. The molecule has 3 aliphatic heterocycles. The number of nitrogens with zero attached hydrogens (tertiary/aromatic N) is 1. The van der Waals surface area contributed by atoms with E-state index in [9.17, 15) is 29.4 Å². The zero-order valence-corrected chi connectivity index (χ0v) is 35.8. The number of carbonyl (C=O) groups is 3. The van der Waals surface area contributed by atoms with Crippen molar-refractivity contribution in [1.82, 2.24) is 25.8 Å². The van der Waals surface area contributed by atoms with Crippen LogP contribution in [0.1, 0.15) is 84.3 Å². The van der Waals surface area contributed by atoms with Crippen LogP contribution in [-0.4, -0.2) is 89.5 Å². The summed E-state index contributed by atoms with van der Waals surface area (Å²) in [7, 11) is 0. The van der Waals surface area contributed by atoms with Crippen molar-refractivity contribution < 1.29 is 38.8 Å². The van der Waals surface area contributed by atoms with E-state index >= 15 is 0 Å². The Morgan fingerprint density at radius 3 is 2.37 bits per heavy atom. The molecule has 3 saturated heterocycles. The lowest BCUT2D eigenvalue weighted by Gasteiger charge is -2.43. The lowest BCUT2D eigenvalue weighted by Crippen LogP contribution is -2.52. The predicted molar refractivity (Wildman–Crippen MR) is 238 cm³/mol. The maximum absolute atomic E-state index is 13.3. The van der Waals surface area contributed by atoms with Crippen molar-refractivity contribution in [3.05, 3.63) is 141 Å². The highest BCUT2D eigenvalue weighted by Gasteiger charge is 2.37. The first-order valence-electron chi connectivity index (χ1n) is 21.8. The van der Waals surface area contributed by atoms with E-state index < -0.39 is 36.2 Å². The molecule has 4 heterocycles. The van der Waals surface area contributed by atoms with Gasteiger partial charge in [-0.05, 0) is 116 Å². The van der Waals surface area contributed by atoms with Crippen molar-refractivity contribution in [2.24, 2.45) is 11.8 Å². The van der Waals surface area contributed by atoms with Crippen LogP contribution < -0.4 is 26.2 Å². The summed E-state index contributed by atoms with van der Waals surface area (Å²) in [5.74, 6) is -0.165. The topological polar surface area (TPSA) is 192 Å². The summed E-state index contributed by atoms with van der Waals surface area (Å²) in [6.45, 7) is 7.82. The average molecular weight is 860 g/mol. The van der Waals surface area contributed by atoms with E-state index in [0.717, 1.165) is 49.2 Å². The summed E-state index contributed by atoms with van der Waals surface area (Å²) in [5.41, 5.74) is 3.51. The molecule has 2 unspecified atom stereocenters. The van der Waals surface area contributed by atoms with E-state index in [2.05, 4.69) is 25.8 Å². The molecule has 6 N–H and O–H groups in total. The van der Waals surface area contributed by atoms with Crippen molar-refractivity contribution in [2.45, 2.75) is 70.4 Å². The highest BCUT2D eigenvalue weighted by atomic mass is 16.6. The summed E-state index contributed by atoms with van der Waals surface area (Å²) in [6, 6.07) is 29.1. The Balaban J connectivity index is 0.849. The third-order valence-corrected chi connectivity index (χ3v) is 11.9. The van der Waals surface area contributed by atoms with Gasteiger partial charge in [-0.15, -0.1) is 0 Å². The highest BCUT2D eigenvalue weighted by molar-refractivity contribution is 5.97. The molecule has 3 fully saturated rings. The van der Waals surface area contributed by atoms with Crippen LogP contribution in [0.4, 0.5) is 4.79 Å². The summed E-state index contributed by atoms with van der Waals surface area (Å²) >= 11 is 0. The second kappa shape index (κ2) is 21.2. The first kappa shape index (κ1) is 44.8. The second-order valence-electron chi connectivity index (χ2n) is 16.7. The van der Waals surface area contributed by atoms with E-state index in [1.807, 2.05) is 80.6 Å². The molecule has 63 heavy (non-hydrogen) atoms. The Morgan fingerprint density at radius 1 is 0.873 bits per heavy atom. The van der Waals surface area contributed by atoms with Gasteiger partial charge < -0.3 is 45.4 Å². The first-order chi connectivity index (χ1) is 30.5. The Bertz CT molecular complexity index is 2380. The molecule has 332 valence electrons. The number of rotatable bonds is 19. The van der Waals surface area contributed by atoms with Crippen LogP contribution >= 0.6 is 0 Å². The number of hydrogen-bond acceptors (Lipinski definition) is 11. The van der Waals surface area contributed by atoms with Crippen LogP contribution in [0.15, 0.2) is 108 Å². The number of carbonyl (C=O) groups excluding carboxylic acids is 3. The number of aliphatic hydroxyl groups is 1. The lowest BCUT2D eigenvalue weighted by molar-refractivity contribution is -0.147. The highest BCUT2D eigenvalue weighted by Crippen LogP contribution is 2.31. The standard InChI is InChI=1S/C49H57N5O9/c1-31(2)44(48(59)61-26-7-6-23-50-28-41(56)38-17-19-40(55)46-39(38)18-20-43(57)51-46)52-47(58)35-15-13-32(14-16-35)30-62-37-12-8-11-36(27-37)45(34-9-4-3-5-10-34)53-49(60)63-42-29-54-24-21-33(42)22-25-54/h3-5,8-20,27,31,33,41-42,44-45,50,55-56H,6-7,21-26,28-30H2,1-2H3,(H,51,57)(H,52,58)(H,53,60)/t41-,42-,44?,45?/m0/s1. The number of piperidine rings is 3. The normalized spacial score (nSPS) is 18.3. The first-order valence-corrected chi connectivity index (χ1v) is 21.8. The van der Waals surface area contributed by atoms with E-state index in [4.69, 9.17) is 14.2 Å². The molecule has 5 aromatic rings. The van der Waals surface area contributed by atoms with Gasteiger partial charge in [-0.2, -0.15) is 0 Å². The van der Waals surface area contributed by atoms with Crippen molar-refractivity contribution in [3.8, 4) is 11.5 Å². The molecule has 1 aromatic heterocycles. The molecule has 0 radical (unpaired) electrons. The van der Waals surface area contributed by atoms with Crippen molar-refractivity contribution in [3.63, 3.8) is 0 Å². The molecule has 14 heteroatoms. The Hall–Kier alpha value is -6.22. The fourth-order valence-electron chi connectivity index (χ4n) is 8.28. The number of amides is 2. The van der Waals surface area contributed by atoms with Gasteiger partial charge in [0.1, 0.15) is 30.3 Å². The van der Waals surface area contributed by atoms with Gasteiger partial charge >= 0.3 is 12.1 Å². The van der Waals surface area contributed by atoms with Gasteiger partial charge in [-0.1, -0.05) is 74.5 Å². The Labute approximate surface area is 367 Å². The zero-order chi connectivity index (χ0) is 44.3. The molecule has 4 aromatic carbocycles. The number of nitrogens with one attached hydrogen (secondary N) is 4. The molecule has 14 nitrogen and oxygen atoms in total. The number of aromatic hydroxyl groups is 1. The molecule has 2 amide bonds. The number of hydrogen-bond donors (Lipinski definition) is 6. The number of aliphatic hydroxyl groups excluding tert-OH is 1. The predicted octanol–water partition coefficient (Wildman–Crippen LogP) is 6.12. The minimum atomic E-state index is -0.873. The third-order valence-electron chi connectivity index (χ3n) is 11.9. The number of fused-ring (bicyclic) bond motifs is 4. The monoisotopic (exact) mass is 859 g/mol. The van der Waals surface area contributed by atoms with E-state index in [1.54, 1.807) is 24.3 Å². The molecule has 0 saturated carbocycles. The second-order valence-corrected chi connectivity index (χ2v) is 16.7. The Morgan fingerprint density at radius 2 is 1.63 bits per heavy atom. The van der Waals surface area contributed by atoms with Crippen LogP contribution in [0.2, 0.25) is 0 Å². The van der Waals surface area contributed by atoms with Crippen LogP contribution in [0.5, 0.6) is 11.5 Å². The maximum atomic E-state index is 13.3. The maximum Gasteiger partial charge on any atom is 0.408 e. The van der Waals surface area contributed by atoms with Crippen molar-refractivity contribution in [1.29, 1.82) is 0 Å². The summed E-state index contributed by atoms with van der Waals surface area (Å²) in [4.78, 5) is 56.2. The molecular weight excluding hydrogens is 803 g/mol. The van der Waals surface area contributed by atoms with Crippen LogP contribution in [0.25, 0.3) is 10.9 Å². The number of ether oxygens (including phenoxy) is 3. The van der Waals surface area contributed by atoms with E-state index in [-0.39, 0.29) is 48.6 Å². The van der Waals surface area contributed by atoms with Crippen LogP contribution in [0, 0.1) is 11.8 Å². The number of aromatic nitrogens is 1. The molecule has 0 spiro atoms. The van der Waals surface area contributed by atoms with Gasteiger partial charge in [-0.25, -0.2) is 9.59 Å². The third kappa shape index (κ3) is 11.8. The quantitative estimate of drug-likeness (QED) is 0.0414. The van der Waals surface area contributed by atoms with Gasteiger partial charge in [0.25, 0.3) is 5.91 Å². The number of unbranched alkanes of at least 4 members (excludes halogenated alkanes) is 1. The number of alkyl carbamates (subject to hydrolysis) is 1. The summed E-state index contributed by atoms with van der Waals surface area (Å²) in [5, 5.41) is 30.6. The molecule has 3 aliphatic rings. The summed E-state index contributed by atoms with van der Waals surface area (Å²) in [6.07, 6.45) is 1.94. The number of benzene rings is 4.